The number of hydrogen-bond acceptors (Lipinski definition) is 8. The average Bonchev–Trinajstić information content (AvgIpc) is 3.68. The van der Waals surface area contributed by atoms with Crippen LogP contribution in [-0.4, -0.2) is 84.6 Å². The van der Waals surface area contributed by atoms with Crippen LogP contribution in [0.15, 0.2) is 30.3 Å². The van der Waals surface area contributed by atoms with Crippen molar-refractivity contribution in [1.82, 2.24) is 20.2 Å². The van der Waals surface area contributed by atoms with Gasteiger partial charge in [-0.3, -0.25) is 0 Å². The molecule has 2 atom stereocenters. The van der Waals surface area contributed by atoms with Gasteiger partial charge in [0.25, 0.3) is 0 Å². The van der Waals surface area contributed by atoms with E-state index in [9.17, 15) is 5.11 Å². The zero-order valence-corrected chi connectivity index (χ0v) is 30.7. The molecule has 0 radical (unpaired) electrons. The van der Waals surface area contributed by atoms with Gasteiger partial charge in [-0.2, -0.15) is 9.97 Å². The SMILES string of the molecule is CCc1c(F)ccc2cc(O)cc(-c3c(C(C)C)cc4c(N5CC6CCC(C5)N6)nc(OCC5(CN6CCC7(CCOCC7)C6)CC5)nc4c3F)c12. The first-order valence-corrected chi connectivity index (χ1v) is 19.6. The second-order valence-corrected chi connectivity index (χ2v) is 16.9. The summed E-state index contributed by atoms with van der Waals surface area (Å²) in [6.07, 6.45) is 8.36. The molecule has 8 nitrogen and oxygen atoms in total. The van der Waals surface area contributed by atoms with Crippen molar-refractivity contribution in [3.05, 3.63) is 53.1 Å². The van der Waals surface area contributed by atoms with E-state index in [1.165, 1.54) is 12.5 Å². The fraction of sp³-hybridized carbons (Fsp3) is 0.571. The van der Waals surface area contributed by atoms with Crippen LogP contribution in [0.3, 0.4) is 0 Å². The number of halogens is 2. The van der Waals surface area contributed by atoms with E-state index in [2.05, 4.69) is 15.1 Å². The van der Waals surface area contributed by atoms with Crippen molar-refractivity contribution < 1.29 is 23.4 Å². The van der Waals surface area contributed by atoms with Crippen LogP contribution in [0.4, 0.5) is 14.6 Å². The molecule has 5 fully saturated rings. The molecule has 2 unspecified atom stereocenters. The molecule has 3 aromatic carbocycles. The van der Waals surface area contributed by atoms with Crippen LogP contribution in [0.1, 0.15) is 82.8 Å². The smallest absolute Gasteiger partial charge is 0.319 e. The number of nitrogens with zero attached hydrogens (tertiary/aromatic N) is 4. The number of nitrogens with one attached hydrogen (secondary N) is 1. The predicted molar refractivity (Wildman–Crippen MR) is 200 cm³/mol. The monoisotopic (exact) mass is 711 g/mol. The highest BCUT2D eigenvalue weighted by Crippen LogP contribution is 2.50. The Labute approximate surface area is 304 Å². The summed E-state index contributed by atoms with van der Waals surface area (Å²) < 4.78 is 45.2. The number of ether oxygens (including phenoxy) is 2. The Kier molecular flexibility index (Phi) is 8.59. The number of aromatic nitrogens is 2. The maximum Gasteiger partial charge on any atom is 0.319 e. The maximum atomic E-state index is 17.6. The van der Waals surface area contributed by atoms with Gasteiger partial charge in [0.1, 0.15) is 22.9 Å². The Morgan fingerprint density at radius 1 is 1.02 bits per heavy atom. The number of fused-ring (bicyclic) bond motifs is 4. The van der Waals surface area contributed by atoms with E-state index in [4.69, 9.17) is 19.4 Å². The third-order valence-electron chi connectivity index (χ3n) is 12.9. The molecule has 2 N–H and O–H groups in total. The Bertz CT molecular complexity index is 2020. The van der Waals surface area contributed by atoms with Crippen LogP contribution in [-0.2, 0) is 11.2 Å². The summed E-state index contributed by atoms with van der Waals surface area (Å²) in [5, 5.41) is 16.6. The summed E-state index contributed by atoms with van der Waals surface area (Å²) in [6, 6.07) is 9.22. The highest BCUT2D eigenvalue weighted by Gasteiger charge is 2.48. The van der Waals surface area contributed by atoms with Crippen LogP contribution in [0.5, 0.6) is 11.8 Å². The molecule has 10 heteroatoms. The van der Waals surface area contributed by atoms with E-state index in [-0.39, 0.29) is 34.4 Å². The van der Waals surface area contributed by atoms with Gasteiger partial charge in [-0.25, -0.2) is 8.78 Å². The van der Waals surface area contributed by atoms with Gasteiger partial charge >= 0.3 is 6.01 Å². The molecule has 1 aromatic heterocycles. The highest BCUT2D eigenvalue weighted by atomic mass is 19.1. The zero-order chi connectivity index (χ0) is 35.8. The normalized spacial score (nSPS) is 23.8. The van der Waals surface area contributed by atoms with Crippen LogP contribution in [0.25, 0.3) is 32.8 Å². The topological polar surface area (TPSA) is 83.0 Å². The minimum atomic E-state index is -0.494. The molecule has 9 rings (SSSR count). The Balaban J connectivity index is 1.13. The molecule has 4 saturated heterocycles. The fourth-order valence-electron chi connectivity index (χ4n) is 9.85. The number of hydrogen-bond donors (Lipinski definition) is 2. The number of aromatic hydroxyl groups is 1. The quantitative estimate of drug-likeness (QED) is 0.183. The minimum Gasteiger partial charge on any atom is -0.508 e. The lowest BCUT2D eigenvalue weighted by molar-refractivity contribution is 0.0179. The zero-order valence-electron chi connectivity index (χ0n) is 30.7. The van der Waals surface area contributed by atoms with E-state index < -0.39 is 5.82 Å². The van der Waals surface area contributed by atoms with Crippen molar-refractivity contribution in [3.8, 4) is 22.9 Å². The molecule has 1 aliphatic carbocycles. The summed E-state index contributed by atoms with van der Waals surface area (Å²) in [5.41, 5.74) is 2.72. The van der Waals surface area contributed by atoms with Crippen LogP contribution < -0.4 is 15.0 Å². The van der Waals surface area contributed by atoms with E-state index in [1.807, 2.05) is 26.8 Å². The lowest BCUT2D eigenvalue weighted by Crippen LogP contribution is -2.51. The van der Waals surface area contributed by atoms with Crippen LogP contribution in [0, 0.1) is 22.5 Å². The summed E-state index contributed by atoms with van der Waals surface area (Å²) in [7, 11) is 0. The molecule has 276 valence electrons. The number of phenolic OH excluding ortho intramolecular Hbond substituents is 1. The van der Waals surface area contributed by atoms with Crippen LogP contribution in [0.2, 0.25) is 0 Å². The molecule has 5 heterocycles. The fourth-order valence-corrected chi connectivity index (χ4v) is 9.85. The van der Waals surface area contributed by atoms with Crippen molar-refractivity contribution in [2.24, 2.45) is 10.8 Å². The van der Waals surface area contributed by atoms with Crippen molar-refractivity contribution in [2.75, 3.05) is 57.4 Å². The Hall–Kier alpha value is -3.60. The highest BCUT2D eigenvalue weighted by molar-refractivity contribution is 6.04. The second kappa shape index (κ2) is 13.1. The van der Waals surface area contributed by atoms with Gasteiger partial charge in [-0.05, 0) is 121 Å². The first-order valence-electron chi connectivity index (χ1n) is 19.6. The van der Waals surface area contributed by atoms with Gasteiger partial charge in [0.15, 0.2) is 5.82 Å². The number of aryl methyl sites for hydroxylation is 1. The van der Waals surface area contributed by atoms with Gasteiger partial charge in [-0.15, -0.1) is 0 Å². The largest absolute Gasteiger partial charge is 0.508 e. The molecule has 2 bridgehead atoms. The summed E-state index contributed by atoms with van der Waals surface area (Å²) >= 11 is 0. The summed E-state index contributed by atoms with van der Waals surface area (Å²) in [4.78, 5) is 14.8. The third kappa shape index (κ3) is 6.08. The van der Waals surface area contributed by atoms with Gasteiger partial charge < -0.3 is 29.7 Å². The lowest BCUT2D eigenvalue weighted by Gasteiger charge is -2.34. The lowest BCUT2D eigenvalue weighted by atomic mass is 9.80. The van der Waals surface area contributed by atoms with Crippen molar-refractivity contribution in [2.45, 2.75) is 90.1 Å². The molecule has 1 saturated carbocycles. The van der Waals surface area contributed by atoms with Crippen molar-refractivity contribution in [1.29, 1.82) is 0 Å². The Morgan fingerprint density at radius 2 is 1.79 bits per heavy atom. The summed E-state index contributed by atoms with van der Waals surface area (Å²) in [6.45, 7) is 13.0. The van der Waals surface area contributed by atoms with Gasteiger partial charge in [-0.1, -0.05) is 26.8 Å². The van der Waals surface area contributed by atoms with Crippen molar-refractivity contribution in [3.63, 3.8) is 0 Å². The number of anilines is 1. The minimum absolute atomic E-state index is 0.00419. The molecular formula is C42H51F2N5O3. The molecule has 1 spiro atoms. The average molecular weight is 712 g/mol. The maximum absolute atomic E-state index is 17.6. The van der Waals surface area contributed by atoms with Crippen LogP contribution >= 0.6 is 0 Å². The van der Waals surface area contributed by atoms with Gasteiger partial charge in [0.05, 0.1) is 6.61 Å². The molecule has 4 aliphatic heterocycles. The van der Waals surface area contributed by atoms with E-state index >= 15 is 8.78 Å². The van der Waals surface area contributed by atoms with Gasteiger partial charge in [0, 0.05) is 67.8 Å². The third-order valence-corrected chi connectivity index (χ3v) is 12.9. The molecular weight excluding hydrogens is 660 g/mol. The predicted octanol–water partition coefficient (Wildman–Crippen LogP) is 7.72. The molecule has 0 amide bonds. The number of benzene rings is 3. The summed E-state index contributed by atoms with van der Waals surface area (Å²) in [5.74, 6) is -0.199. The molecule has 4 aromatic rings. The first kappa shape index (κ1) is 34.2. The van der Waals surface area contributed by atoms with Crippen molar-refractivity contribution >= 4 is 27.5 Å². The van der Waals surface area contributed by atoms with Gasteiger partial charge in [0.2, 0.25) is 0 Å². The number of phenols is 1. The second-order valence-electron chi connectivity index (χ2n) is 16.9. The number of likely N-dealkylation sites (tertiary alicyclic amines) is 1. The standard InChI is InChI=1S/C42H51F2N5O3/c1-4-30-34(43)8-5-26-17-29(50)18-32(35(26)30)36-31(25(2)3)19-33-38(37(36)44)46-40(47-39(33)49-20-27-6-7-28(21-49)45-27)52-24-42(9-10-42)23-48-14-11-41(22-48)12-15-51-16-13-41/h5,8,17-19,25,27-28,45,50H,4,6-7,9-16,20-24H2,1-3H3. The molecule has 5 aliphatic rings. The van der Waals surface area contributed by atoms with E-state index in [1.54, 1.807) is 18.2 Å². The number of piperazine rings is 1. The Morgan fingerprint density at radius 3 is 2.50 bits per heavy atom. The number of rotatable bonds is 9. The molecule has 52 heavy (non-hydrogen) atoms. The van der Waals surface area contributed by atoms with E-state index in [0.717, 1.165) is 90.0 Å². The van der Waals surface area contributed by atoms with E-state index in [0.29, 0.717) is 69.2 Å². The first-order chi connectivity index (χ1) is 25.1.